The van der Waals surface area contributed by atoms with Gasteiger partial charge in [0.2, 0.25) is 0 Å². The van der Waals surface area contributed by atoms with E-state index in [1.165, 1.54) is 0 Å². The van der Waals surface area contributed by atoms with Crippen molar-refractivity contribution in [2.24, 2.45) is 0 Å². The molecule has 8 nitrogen and oxygen atoms in total. The number of esters is 1. The van der Waals surface area contributed by atoms with E-state index in [1.54, 1.807) is 58.9 Å². The number of carbonyl (C=O) groups excluding carboxylic acids is 3. The molecule has 0 saturated carbocycles. The SMILES string of the molecule is CCOC(=O)COc1ccc(C(=O)[C@@H](NC(=O)OC(C)(C)C)[C@@H](C)OC(C)(C)C)cc1. The first-order chi connectivity index (χ1) is 14.2. The molecule has 31 heavy (non-hydrogen) atoms. The van der Waals surface area contributed by atoms with E-state index in [1.807, 2.05) is 20.8 Å². The van der Waals surface area contributed by atoms with Crippen LogP contribution >= 0.6 is 0 Å². The van der Waals surface area contributed by atoms with Crippen LogP contribution in [0.2, 0.25) is 0 Å². The maximum absolute atomic E-state index is 13.2. The van der Waals surface area contributed by atoms with Crippen molar-refractivity contribution >= 4 is 17.8 Å². The highest BCUT2D eigenvalue weighted by atomic mass is 16.6. The number of Topliss-reactive ketones (excluding diaryl/α,β-unsaturated/α-hetero) is 1. The van der Waals surface area contributed by atoms with Crippen LogP contribution in [0.3, 0.4) is 0 Å². The number of ketones is 1. The third kappa shape index (κ3) is 10.3. The first kappa shape index (κ1) is 26.4. The van der Waals surface area contributed by atoms with Crippen LogP contribution in [0.5, 0.6) is 5.75 Å². The smallest absolute Gasteiger partial charge is 0.408 e. The highest BCUT2D eigenvalue weighted by Gasteiger charge is 2.32. The van der Waals surface area contributed by atoms with E-state index in [-0.39, 0.29) is 19.0 Å². The van der Waals surface area contributed by atoms with Gasteiger partial charge in [0.05, 0.1) is 18.3 Å². The van der Waals surface area contributed by atoms with E-state index in [0.717, 1.165) is 0 Å². The Kier molecular flexibility index (Phi) is 9.49. The van der Waals surface area contributed by atoms with Crippen LogP contribution in [0.15, 0.2) is 24.3 Å². The molecule has 0 aromatic heterocycles. The van der Waals surface area contributed by atoms with Gasteiger partial charge in [0.25, 0.3) is 0 Å². The molecule has 0 saturated heterocycles. The maximum Gasteiger partial charge on any atom is 0.408 e. The number of carbonyl (C=O) groups is 3. The van der Waals surface area contributed by atoms with Gasteiger partial charge < -0.3 is 24.3 Å². The van der Waals surface area contributed by atoms with E-state index >= 15 is 0 Å². The number of ether oxygens (including phenoxy) is 4. The zero-order valence-corrected chi connectivity index (χ0v) is 19.7. The number of alkyl carbamates (subject to hydrolysis) is 1. The van der Waals surface area contributed by atoms with Crippen molar-refractivity contribution in [1.82, 2.24) is 5.32 Å². The molecular formula is C23H35NO7. The summed E-state index contributed by atoms with van der Waals surface area (Å²) in [6.07, 6.45) is -1.32. The lowest BCUT2D eigenvalue weighted by atomic mass is 9.99. The van der Waals surface area contributed by atoms with Crippen LogP contribution in [0.4, 0.5) is 4.79 Å². The number of benzene rings is 1. The van der Waals surface area contributed by atoms with Gasteiger partial charge >= 0.3 is 12.1 Å². The van der Waals surface area contributed by atoms with Crippen LogP contribution < -0.4 is 10.1 Å². The van der Waals surface area contributed by atoms with Crippen molar-refractivity contribution in [3.05, 3.63) is 29.8 Å². The molecular weight excluding hydrogens is 402 g/mol. The van der Waals surface area contributed by atoms with E-state index in [2.05, 4.69) is 5.32 Å². The molecule has 0 radical (unpaired) electrons. The van der Waals surface area contributed by atoms with Gasteiger partial charge in [0.15, 0.2) is 12.4 Å². The Morgan fingerprint density at radius 3 is 2.03 bits per heavy atom. The lowest BCUT2D eigenvalue weighted by Crippen LogP contribution is -2.51. The fraction of sp³-hybridized carbons (Fsp3) is 0.609. The van der Waals surface area contributed by atoms with Crippen LogP contribution in [-0.2, 0) is 19.0 Å². The van der Waals surface area contributed by atoms with Gasteiger partial charge in [-0.05, 0) is 79.7 Å². The summed E-state index contributed by atoms with van der Waals surface area (Å²) in [6, 6.07) is 5.33. The highest BCUT2D eigenvalue weighted by molar-refractivity contribution is 6.02. The molecule has 1 amide bonds. The normalized spacial score (nSPS) is 13.7. The zero-order chi connectivity index (χ0) is 23.8. The number of rotatable bonds is 9. The molecule has 1 N–H and O–H groups in total. The molecule has 0 aliphatic heterocycles. The van der Waals surface area contributed by atoms with E-state index in [0.29, 0.717) is 11.3 Å². The molecule has 0 fully saturated rings. The second kappa shape index (κ2) is 11.1. The molecule has 1 aromatic carbocycles. The molecule has 8 heteroatoms. The summed E-state index contributed by atoms with van der Waals surface area (Å²) in [7, 11) is 0. The predicted molar refractivity (Wildman–Crippen MR) is 116 cm³/mol. The lowest BCUT2D eigenvalue weighted by molar-refractivity contribution is -0.145. The van der Waals surface area contributed by atoms with Crippen LogP contribution in [-0.4, -0.2) is 54.4 Å². The van der Waals surface area contributed by atoms with Gasteiger partial charge in [-0.3, -0.25) is 4.79 Å². The fourth-order valence-electron chi connectivity index (χ4n) is 2.70. The van der Waals surface area contributed by atoms with Gasteiger partial charge in [-0.1, -0.05) is 0 Å². The maximum atomic E-state index is 13.2. The largest absolute Gasteiger partial charge is 0.482 e. The minimum Gasteiger partial charge on any atom is -0.482 e. The lowest BCUT2D eigenvalue weighted by Gasteiger charge is -2.31. The molecule has 174 valence electrons. The zero-order valence-electron chi connectivity index (χ0n) is 19.7. The standard InChI is InChI=1S/C23H35NO7/c1-9-28-18(25)14-29-17-12-10-16(11-13-17)20(26)19(15(2)30-22(3,4)5)24-21(27)31-23(6,7)8/h10-13,15,19H,9,14H2,1-8H3,(H,24,27)/t15-,19+/m1/s1. The van der Waals surface area contributed by atoms with E-state index in [9.17, 15) is 14.4 Å². The first-order valence-electron chi connectivity index (χ1n) is 10.3. The van der Waals surface area contributed by atoms with Gasteiger partial charge in [-0.15, -0.1) is 0 Å². The quantitative estimate of drug-likeness (QED) is 0.462. The number of amides is 1. The van der Waals surface area contributed by atoms with Crippen molar-refractivity contribution in [3.63, 3.8) is 0 Å². The Labute approximate surface area is 184 Å². The Morgan fingerprint density at radius 2 is 1.55 bits per heavy atom. The Bertz CT molecular complexity index is 745. The van der Waals surface area contributed by atoms with Crippen molar-refractivity contribution in [1.29, 1.82) is 0 Å². The summed E-state index contributed by atoms with van der Waals surface area (Å²) >= 11 is 0. The summed E-state index contributed by atoms with van der Waals surface area (Å²) in [4.78, 5) is 36.9. The van der Waals surface area contributed by atoms with Gasteiger partial charge in [0.1, 0.15) is 17.4 Å². The predicted octanol–water partition coefficient (Wildman–Crippen LogP) is 3.91. The molecule has 0 bridgehead atoms. The van der Waals surface area contributed by atoms with Gasteiger partial charge in [-0.2, -0.15) is 0 Å². The average Bonchev–Trinajstić information content (AvgIpc) is 2.61. The molecule has 0 unspecified atom stereocenters. The Balaban J connectivity index is 2.97. The summed E-state index contributed by atoms with van der Waals surface area (Å²) in [6.45, 7) is 14.3. The minimum absolute atomic E-state index is 0.222. The summed E-state index contributed by atoms with van der Waals surface area (Å²) in [5.74, 6) is -0.391. The second-order valence-corrected chi connectivity index (χ2v) is 9.04. The second-order valence-electron chi connectivity index (χ2n) is 9.04. The van der Waals surface area contributed by atoms with Crippen molar-refractivity contribution in [2.45, 2.75) is 78.7 Å². The minimum atomic E-state index is -0.958. The topological polar surface area (TPSA) is 100 Å². The first-order valence-corrected chi connectivity index (χ1v) is 10.3. The van der Waals surface area contributed by atoms with Crippen molar-refractivity contribution in [3.8, 4) is 5.75 Å². The number of hydrogen-bond donors (Lipinski definition) is 1. The summed E-state index contributed by atoms with van der Waals surface area (Å²) < 4.78 is 21.4. The van der Waals surface area contributed by atoms with Crippen molar-refractivity contribution < 1.29 is 33.3 Å². The van der Waals surface area contributed by atoms with Gasteiger partial charge in [0, 0.05) is 5.56 Å². The molecule has 1 aromatic rings. The monoisotopic (exact) mass is 437 g/mol. The van der Waals surface area contributed by atoms with Crippen LogP contribution in [0.1, 0.15) is 65.7 Å². The van der Waals surface area contributed by atoms with E-state index in [4.69, 9.17) is 18.9 Å². The van der Waals surface area contributed by atoms with Crippen molar-refractivity contribution in [2.75, 3.05) is 13.2 Å². The summed E-state index contributed by atoms with van der Waals surface area (Å²) in [5, 5.41) is 2.63. The van der Waals surface area contributed by atoms with Gasteiger partial charge in [-0.25, -0.2) is 9.59 Å². The number of nitrogens with one attached hydrogen (secondary N) is 1. The van der Waals surface area contributed by atoms with Crippen LogP contribution in [0.25, 0.3) is 0 Å². The molecule has 0 spiro atoms. The van der Waals surface area contributed by atoms with Crippen LogP contribution in [0, 0.1) is 0 Å². The Hall–Kier alpha value is -2.61. The highest BCUT2D eigenvalue weighted by Crippen LogP contribution is 2.19. The molecule has 2 atom stereocenters. The molecule has 1 rings (SSSR count). The third-order valence-corrected chi connectivity index (χ3v) is 3.76. The molecule has 0 aliphatic carbocycles. The summed E-state index contributed by atoms with van der Waals surface area (Å²) in [5.41, 5.74) is -0.865. The fourth-order valence-corrected chi connectivity index (χ4v) is 2.70. The third-order valence-electron chi connectivity index (χ3n) is 3.76. The van der Waals surface area contributed by atoms with E-state index < -0.39 is 35.4 Å². The Morgan fingerprint density at radius 1 is 0.968 bits per heavy atom. The average molecular weight is 438 g/mol. The number of hydrogen-bond acceptors (Lipinski definition) is 7. The molecule has 0 heterocycles. The molecule has 0 aliphatic rings.